The van der Waals surface area contributed by atoms with E-state index in [2.05, 4.69) is 129 Å². The molecule has 0 aliphatic carbocycles. The number of nitrogens with zero attached hydrogens (tertiary/aromatic N) is 3. The Labute approximate surface area is 269 Å². The number of aromatic nitrogens is 2. The van der Waals surface area contributed by atoms with Crippen LogP contribution in [0.25, 0.3) is 75.0 Å². The molecule has 1 aliphatic heterocycles. The maximum absolute atomic E-state index is 7.01. The van der Waals surface area contributed by atoms with Crippen LogP contribution in [0.5, 0.6) is 5.75 Å². The molecule has 0 fully saturated rings. The van der Waals surface area contributed by atoms with E-state index >= 15 is 0 Å². The van der Waals surface area contributed by atoms with E-state index in [1.807, 2.05) is 28.5 Å². The Balaban J connectivity index is 1.38. The first-order valence-electron chi connectivity index (χ1n) is 15.4. The van der Waals surface area contributed by atoms with E-state index < -0.39 is 0 Å². The average Bonchev–Trinajstić information content (AvgIpc) is 3.50. The number of para-hydroxylation sites is 1. The van der Waals surface area contributed by atoms with Gasteiger partial charge in [-0.1, -0.05) is 115 Å². The van der Waals surface area contributed by atoms with Gasteiger partial charge in [-0.05, 0) is 46.0 Å². The lowest BCUT2D eigenvalue weighted by Crippen LogP contribution is -2.28. The van der Waals surface area contributed by atoms with Crippen molar-refractivity contribution >= 4 is 88.9 Å². The lowest BCUT2D eigenvalue weighted by Gasteiger charge is -2.33. The minimum atomic E-state index is 0.504. The van der Waals surface area contributed by atoms with Gasteiger partial charge in [-0.15, -0.1) is 16.4 Å². The van der Waals surface area contributed by atoms with Gasteiger partial charge in [0.05, 0.1) is 11.2 Å². The van der Waals surface area contributed by atoms with Gasteiger partial charge in [-0.2, -0.15) is 0 Å². The number of benzene rings is 7. The number of hydrogen-bond acceptors (Lipinski definition) is 5. The molecule has 1 aliphatic rings. The zero-order valence-electron chi connectivity index (χ0n) is 24.9. The van der Waals surface area contributed by atoms with E-state index in [1.165, 1.54) is 30.9 Å². The highest BCUT2D eigenvalue weighted by Crippen LogP contribution is 2.55. The van der Waals surface area contributed by atoms with Crippen LogP contribution in [0.2, 0.25) is 0 Å². The summed E-state index contributed by atoms with van der Waals surface area (Å²) in [5, 5.41) is 9.97. The third-order valence-corrected chi connectivity index (χ3v) is 10.4. The first-order valence-corrected chi connectivity index (χ1v) is 16.2. The summed E-state index contributed by atoms with van der Waals surface area (Å²) < 4.78 is 2.47. The molecule has 214 valence electrons. The van der Waals surface area contributed by atoms with Crippen LogP contribution < -0.4 is 15.4 Å². The molecule has 9 aromatic rings. The predicted octanol–water partition coefficient (Wildman–Crippen LogP) is 9.34. The maximum Gasteiger partial charge on any atom is 0.265 e. The molecule has 6 heteroatoms. The Hall–Kier alpha value is -5.72. The molecule has 0 unspecified atom stereocenters. The van der Waals surface area contributed by atoms with Crippen LogP contribution in [-0.2, 0) is 0 Å². The van der Waals surface area contributed by atoms with E-state index in [4.69, 9.17) is 14.8 Å². The molecule has 0 saturated carbocycles. The fourth-order valence-electron chi connectivity index (χ4n) is 7.07. The average molecular weight is 606 g/mol. The summed E-state index contributed by atoms with van der Waals surface area (Å²) >= 11 is 1.83. The molecule has 4 nitrogen and oxygen atoms in total. The Morgan fingerprint density at radius 1 is 0.609 bits per heavy atom. The van der Waals surface area contributed by atoms with Crippen molar-refractivity contribution in [2.45, 2.75) is 0 Å². The van der Waals surface area contributed by atoms with Crippen LogP contribution >= 0.6 is 11.3 Å². The summed E-state index contributed by atoms with van der Waals surface area (Å²) in [5.41, 5.74) is 7.17. The summed E-state index contributed by atoms with van der Waals surface area (Å²) in [6, 6.07) is 46.9. The van der Waals surface area contributed by atoms with Crippen molar-refractivity contribution in [2.24, 2.45) is 0 Å². The lowest BCUT2D eigenvalue weighted by molar-refractivity contribution is 0.316. The maximum atomic E-state index is 7.01. The van der Waals surface area contributed by atoms with Gasteiger partial charge in [0.2, 0.25) is 0 Å². The van der Waals surface area contributed by atoms with Crippen LogP contribution in [0, 0.1) is 0 Å². The van der Waals surface area contributed by atoms with Gasteiger partial charge in [-0.25, -0.2) is 9.97 Å². The van der Waals surface area contributed by atoms with Gasteiger partial charge in [0.25, 0.3) is 5.95 Å². The van der Waals surface area contributed by atoms with Crippen molar-refractivity contribution in [1.29, 1.82) is 0 Å². The third-order valence-electron chi connectivity index (χ3n) is 9.19. The molecule has 0 spiro atoms. The molecule has 46 heavy (non-hydrogen) atoms. The number of thiophene rings is 1. The second kappa shape index (κ2) is 9.64. The van der Waals surface area contributed by atoms with Crippen molar-refractivity contribution in [1.82, 2.24) is 9.97 Å². The van der Waals surface area contributed by atoms with Crippen LogP contribution in [0.4, 0.5) is 11.6 Å². The molecule has 0 bridgehead atoms. The first kappa shape index (κ1) is 25.6. The molecule has 0 atom stereocenters. The number of rotatable bonds is 2. The quantitative estimate of drug-likeness (QED) is 0.184. The van der Waals surface area contributed by atoms with Crippen LogP contribution in [0.1, 0.15) is 0 Å². The van der Waals surface area contributed by atoms with Gasteiger partial charge in [0, 0.05) is 42.1 Å². The van der Waals surface area contributed by atoms with Crippen LogP contribution in [0.15, 0.2) is 133 Å². The molecule has 0 radical (unpaired) electrons. The fraction of sp³-hybridized carbons (Fsp3) is 0. The minimum Gasteiger partial charge on any atom is -0.371 e. The van der Waals surface area contributed by atoms with Crippen molar-refractivity contribution < 1.29 is 4.84 Å². The molecule has 7 aromatic carbocycles. The van der Waals surface area contributed by atoms with Crippen LogP contribution in [0.3, 0.4) is 0 Å². The highest BCUT2D eigenvalue weighted by molar-refractivity contribution is 7.26. The molecule has 3 heterocycles. The molecular formula is C40H24BN3OS. The predicted molar refractivity (Wildman–Crippen MR) is 196 cm³/mol. The molecular weight excluding hydrogens is 581 g/mol. The molecule has 10 rings (SSSR count). The smallest absolute Gasteiger partial charge is 0.265 e. The van der Waals surface area contributed by atoms with Gasteiger partial charge in [-0.3, -0.25) is 0 Å². The monoisotopic (exact) mass is 605 g/mol. The zero-order chi connectivity index (χ0) is 30.4. The lowest BCUT2D eigenvalue weighted by atomic mass is 9.88. The van der Waals surface area contributed by atoms with Crippen molar-refractivity contribution in [3.05, 3.63) is 133 Å². The third kappa shape index (κ3) is 3.62. The van der Waals surface area contributed by atoms with Crippen molar-refractivity contribution in [3.63, 3.8) is 0 Å². The zero-order valence-corrected chi connectivity index (χ0v) is 25.7. The van der Waals surface area contributed by atoms with E-state index in [1.54, 1.807) is 0 Å². The molecule has 0 amide bonds. The summed E-state index contributed by atoms with van der Waals surface area (Å²) in [6.45, 7) is 0. The Morgan fingerprint density at radius 3 is 2.13 bits per heavy atom. The van der Waals surface area contributed by atoms with E-state index in [-0.39, 0.29) is 0 Å². The molecule has 0 saturated heterocycles. The second-order valence-electron chi connectivity index (χ2n) is 11.9. The van der Waals surface area contributed by atoms with E-state index in [0.29, 0.717) is 5.95 Å². The SMILES string of the molecule is Bc1ccccc1-c1nc(N2Oc3cc4ccccc4cc3-c3c2c2c4ccccc4sc2c2ccccc32)nc2ccccc12. The second-order valence-corrected chi connectivity index (χ2v) is 12.9. The number of anilines is 2. The molecule has 2 aromatic heterocycles. The topological polar surface area (TPSA) is 38.2 Å². The normalized spacial score (nSPS) is 12.6. The summed E-state index contributed by atoms with van der Waals surface area (Å²) in [5.74, 6) is 1.29. The summed E-state index contributed by atoms with van der Waals surface area (Å²) in [6.07, 6.45) is 0. The standard InChI is InChI=1S/C40H24BN3OS/c41-31-18-8-5-15-27(31)37-28-16-6-9-19-32(28)42-40(43-37)44-38-35(30-21-23-11-1-2-12-24(23)22-33(30)45-44)25-13-3-4-14-26(25)39-36(38)29-17-7-10-20-34(29)46-39/h1-22H,41H2. The fourth-order valence-corrected chi connectivity index (χ4v) is 8.32. The Kier molecular flexibility index (Phi) is 5.36. The van der Waals surface area contributed by atoms with Crippen molar-refractivity contribution in [2.75, 3.05) is 5.06 Å². The molecule has 0 N–H and O–H groups in total. The van der Waals surface area contributed by atoms with Gasteiger partial charge in [0.15, 0.2) is 5.75 Å². The van der Waals surface area contributed by atoms with Gasteiger partial charge >= 0.3 is 0 Å². The summed E-state index contributed by atoms with van der Waals surface area (Å²) in [4.78, 5) is 17.5. The first-order chi connectivity index (χ1) is 22.7. The highest BCUT2D eigenvalue weighted by atomic mass is 32.1. The van der Waals surface area contributed by atoms with Crippen LogP contribution in [-0.4, -0.2) is 17.8 Å². The summed E-state index contributed by atoms with van der Waals surface area (Å²) in [7, 11) is 2.13. The Morgan fingerprint density at radius 2 is 1.28 bits per heavy atom. The van der Waals surface area contributed by atoms with Crippen molar-refractivity contribution in [3.8, 4) is 28.1 Å². The van der Waals surface area contributed by atoms with Gasteiger partial charge in [0.1, 0.15) is 13.5 Å². The van der Waals surface area contributed by atoms with E-state index in [9.17, 15) is 0 Å². The number of hydrogen-bond donors (Lipinski definition) is 0. The largest absolute Gasteiger partial charge is 0.371 e. The minimum absolute atomic E-state index is 0.504. The van der Waals surface area contributed by atoms with E-state index in [0.717, 1.165) is 61.0 Å². The Bertz CT molecular complexity index is 2720. The number of fused-ring (bicyclic) bond motifs is 12. The highest BCUT2D eigenvalue weighted by Gasteiger charge is 2.34. The van der Waals surface area contributed by atoms with Gasteiger partial charge < -0.3 is 4.84 Å².